The van der Waals surface area contributed by atoms with Crippen LogP contribution in [0.4, 0.5) is 0 Å². The van der Waals surface area contributed by atoms with Gasteiger partial charge in [-0.15, -0.1) is 0 Å². The molecule has 2 aliphatic heterocycles. The molecule has 1 amide bonds. The van der Waals surface area contributed by atoms with E-state index in [1.54, 1.807) is 0 Å². The van der Waals surface area contributed by atoms with Crippen molar-refractivity contribution in [2.75, 3.05) is 45.8 Å². The van der Waals surface area contributed by atoms with E-state index in [4.69, 9.17) is 5.73 Å². The first kappa shape index (κ1) is 12.8. The van der Waals surface area contributed by atoms with E-state index in [-0.39, 0.29) is 0 Å². The maximum atomic E-state index is 12.0. The van der Waals surface area contributed by atoms with Crippen LogP contribution in [0.2, 0.25) is 0 Å². The predicted octanol–water partition coefficient (Wildman–Crippen LogP) is -0.769. The summed E-state index contributed by atoms with van der Waals surface area (Å²) in [6.45, 7) is 6.51. The number of carbonyl (C=O) groups is 1. The minimum absolute atomic E-state index is 0.297. The highest BCUT2D eigenvalue weighted by Gasteiger charge is 2.20. The summed E-state index contributed by atoms with van der Waals surface area (Å²) in [5, 5.41) is 3.26. The van der Waals surface area contributed by atoms with Gasteiger partial charge in [-0.1, -0.05) is 0 Å². The number of hydrogen-bond acceptors (Lipinski definition) is 4. The second-order valence-corrected chi connectivity index (χ2v) is 5.08. The summed E-state index contributed by atoms with van der Waals surface area (Å²) in [6.07, 6.45) is 2.94. The van der Waals surface area contributed by atoms with Crippen LogP contribution in [0.3, 0.4) is 0 Å². The molecule has 0 aromatic rings. The number of nitrogens with one attached hydrogen (secondary N) is 1. The fraction of sp³-hybridized carbons (Fsp3) is 0.917. The van der Waals surface area contributed by atoms with Gasteiger partial charge in [-0.2, -0.15) is 0 Å². The summed E-state index contributed by atoms with van der Waals surface area (Å²) in [5.74, 6) is 0.297. The Balaban J connectivity index is 1.68. The summed E-state index contributed by atoms with van der Waals surface area (Å²) in [4.78, 5) is 16.3. The molecule has 5 nitrogen and oxygen atoms in total. The van der Waals surface area contributed by atoms with Crippen molar-refractivity contribution in [2.24, 2.45) is 5.73 Å². The Morgan fingerprint density at radius 2 is 2.06 bits per heavy atom. The van der Waals surface area contributed by atoms with Crippen molar-refractivity contribution in [2.45, 2.75) is 25.3 Å². The van der Waals surface area contributed by atoms with Crippen LogP contribution in [0.15, 0.2) is 0 Å². The third kappa shape index (κ3) is 3.94. The molecule has 2 aliphatic rings. The van der Waals surface area contributed by atoms with Gasteiger partial charge in [0.25, 0.3) is 0 Å². The van der Waals surface area contributed by atoms with E-state index in [1.165, 1.54) is 6.42 Å². The van der Waals surface area contributed by atoms with Gasteiger partial charge in [0, 0.05) is 51.7 Å². The molecule has 5 heteroatoms. The van der Waals surface area contributed by atoms with Gasteiger partial charge in [0.2, 0.25) is 5.91 Å². The summed E-state index contributed by atoms with van der Waals surface area (Å²) >= 11 is 0. The highest BCUT2D eigenvalue weighted by atomic mass is 16.2. The van der Waals surface area contributed by atoms with Gasteiger partial charge in [0.15, 0.2) is 0 Å². The Hall–Kier alpha value is -0.650. The maximum Gasteiger partial charge on any atom is 0.223 e. The minimum Gasteiger partial charge on any atom is -0.340 e. The van der Waals surface area contributed by atoms with Crippen molar-refractivity contribution in [3.8, 4) is 0 Å². The number of nitrogens with zero attached hydrogens (tertiary/aromatic N) is 2. The number of piperidine rings is 1. The standard InChI is InChI=1S/C12H24N4O/c13-11-2-1-6-15(10-11)7-3-12(17)16-8-4-14-5-9-16/h11,14H,1-10,13H2. The Kier molecular flexibility index (Phi) is 4.76. The Bertz CT molecular complexity index is 253. The molecule has 1 unspecified atom stereocenters. The van der Waals surface area contributed by atoms with Crippen LogP contribution < -0.4 is 11.1 Å². The quantitative estimate of drug-likeness (QED) is 0.680. The van der Waals surface area contributed by atoms with E-state index in [2.05, 4.69) is 10.2 Å². The Morgan fingerprint density at radius 3 is 2.76 bits per heavy atom. The smallest absolute Gasteiger partial charge is 0.223 e. The highest BCUT2D eigenvalue weighted by molar-refractivity contribution is 5.76. The maximum absolute atomic E-state index is 12.0. The number of hydrogen-bond donors (Lipinski definition) is 2. The zero-order valence-electron chi connectivity index (χ0n) is 10.5. The van der Waals surface area contributed by atoms with E-state index < -0.39 is 0 Å². The summed E-state index contributed by atoms with van der Waals surface area (Å²) < 4.78 is 0. The van der Waals surface area contributed by atoms with Gasteiger partial charge in [-0.25, -0.2) is 0 Å². The van der Waals surface area contributed by atoms with Crippen LogP contribution in [0, 0.1) is 0 Å². The second-order valence-electron chi connectivity index (χ2n) is 5.08. The third-order valence-corrected chi connectivity index (χ3v) is 3.65. The molecule has 0 bridgehead atoms. The van der Waals surface area contributed by atoms with Gasteiger partial charge in [0.1, 0.15) is 0 Å². The number of piperazine rings is 1. The lowest BCUT2D eigenvalue weighted by atomic mass is 10.1. The fourth-order valence-corrected chi connectivity index (χ4v) is 2.62. The number of nitrogens with two attached hydrogens (primary N) is 1. The lowest BCUT2D eigenvalue weighted by Crippen LogP contribution is -2.48. The van der Waals surface area contributed by atoms with Gasteiger partial charge in [-0.05, 0) is 19.4 Å². The normalized spacial score (nSPS) is 27.1. The van der Waals surface area contributed by atoms with Crippen molar-refractivity contribution >= 4 is 5.91 Å². The van der Waals surface area contributed by atoms with E-state index >= 15 is 0 Å². The van der Waals surface area contributed by atoms with Crippen LogP contribution in [-0.4, -0.2) is 67.6 Å². The van der Waals surface area contributed by atoms with E-state index in [1.807, 2.05) is 4.90 Å². The molecule has 17 heavy (non-hydrogen) atoms. The fourth-order valence-electron chi connectivity index (χ4n) is 2.62. The summed E-state index contributed by atoms with van der Waals surface area (Å²) in [7, 11) is 0. The van der Waals surface area contributed by atoms with E-state index in [0.29, 0.717) is 18.4 Å². The third-order valence-electron chi connectivity index (χ3n) is 3.65. The first-order valence-electron chi connectivity index (χ1n) is 6.72. The average molecular weight is 240 g/mol. The number of carbonyl (C=O) groups excluding carboxylic acids is 1. The molecule has 0 saturated carbocycles. The van der Waals surface area contributed by atoms with Crippen molar-refractivity contribution < 1.29 is 4.79 Å². The summed E-state index contributed by atoms with van der Waals surface area (Å²) in [5.41, 5.74) is 5.93. The molecule has 2 rings (SSSR count). The highest BCUT2D eigenvalue weighted by Crippen LogP contribution is 2.09. The van der Waals surface area contributed by atoms with Crippen molar-refractivity contribution in [3.63, 3.8) is 0 Å². The number of rotatable bonds is 3. The molecule has 2 fully saturated rings. The van der Waals surface area contributed by atoms with E-state index in [0.717, 1.165) is 52.2 Å². The SMILES string of the molecule is NC1CCCN(CCC(=O)N2CCNCC2)C1. The zero-order chi connectivity index (χ0) is 12.1. The molecule has 0 radical (unpaired) electrons. The van der Waals surface area contributed by atoms with Gasteiger partial charge < -0.3 is 20.9 Å². The van der Waals surface area contributed by atoms with Crippen LogP contribution in [0.25, 0.3) is 0 Å². The molecular weight excluding hydrogens is 216 g/mol. The molecule has 0 aromatic carbocycles. The average Bonchev–Trinajstić information content (AvgIpc) is 2.37. The van der Waals surface area contributed by atoms with Crippen LogP contribution in [0.5, 0.6) is 0 Å². The number of likely N-dealkylation sites (tertiary alicyclic amines) is 1. The topological polar surface area (TPSA) is 61.6 Å². The zero-order valence-corrected chi connectivity index (χ0v) is 10.5. The molecule has 3 N–H and O–H groups in total. The molecule has 0 spiro atoms. The van der Waals surface area contributed by atoms with Gasteiger partial charge in [-0.3, -0.25) is 4.79 Å². The van der Waals surface area contributed by atoms with Crippen molar-refractivity contribution in [1.29, 1.82) is 0 Å². The molecule has 1 atom stereocenters. The van der Waals surface area contributed by atoms with Crippen molar-refractivity contribution in [3.05, 3.63) is 0 Å². The van der Waals surface area contributed by atoms with Gasteiger partial charge in [0.05, 0.1) is 0 Å². The van der Waals surface area contributed by atoms with Gasteiger partial charge >= 0.3 is 0 Å². The Labute approximate surface area is 103 Å². The van der Waals surface area contributed by atoms with Crippen LogP contribution in [-0.2, 0) is 4.79 Å². The molecule has 0 aromatic heterocycles. The number of amides is 1. The lowest BCUT2D eigenvalue weighted by molar-refractivity contribution is -0.132. The monoisotopic (exact) mass is 240 g/mol. The summed E-state index contributed by atoms with van der Waals surface area (Å²) in [6, 6.07) is 0.304. The van der Waals surface area contributed by atoms with Crippen molar-refractivity contribution in [1.82, 2.24) is 15.1 Å². The first-order chi connectivity index (χ1) is 8.25. The minimum atomic E-state index is 0.297. The first-order valence-corrected chi connectivity index (χ1v) is 6.72. The molecule has 2 saturated heterocycles. The Morgan fingerprint density at radius 1 is 1.29 bits per heavy atom. The molecule has 2 heterocycles. The van der Waals surface area contributed by atoms with E-state index in [9.17, 15) is 4.79 Å². The predicted molar refractivity (Wildman–Crippen MR) is 67.7 cm³/mol. The molecule has 0 aliphatic carbocycles. The van der Waals surface area contributed by atoms with Crippen LogP contribution >= 0.6 is 0 Å². The van der Waals surface area contributed by atoms with Crippen LogP contribution in [0.1, 0.15) is 19.3 Å². The lowest BCUT2D eigenvalue weighted by Gasteiger charge is -2.32. The second kappa shape index (κ2) is 6.33. The largest absolute Gasteiger partial charge is 0.340 e. The molecular formula is C12H24N4O. The molecule has 98 valence electrons.